The summed E-state index contributed by atoms with van der Waals surface area (Å²) in [6.45, 7) is 1.33. The SMILES string of the molecule is C1CCC(C(NCC2CC2)C2CC2)CC1. The molecule has 1 heteroatoms. The summed E-state index contributed by atoms with van der Waals surface area (Å²) in [5, 5.41) is 3.91. The average molecular weight is 207 g/mol. The Bertz CT molecular complexity index is 199. The van der Waals surface area contributed by atoms with Crippen LogP contribution in [0.4, 0.5) is 0 Å². The zero-order valence-corrected chi connectivity index (χ0v) is 9.88. The second kappa shape index (κ2) is 4.45. The van der Waals surface area contributed by atoms with Gasteiger partial charge in [0.25, 0.3) is 0 Å². The van der Waals surface area contributed by atoms with Gasteiger partial charge in [-0.15, -0.1) is 0 Å². The highest BCUT2D eigenvalue weighted by molar-refractivity contribution is 4.93. The molecule has 3 fully saturated rings. The van der Waals surface area contributed by atoms with Gasteiger partial charge < -0.3 is 5.32 Å². The van der Waals surface area contributed by atoms with Crippen molar-refractivity contribution in [1.29, 1.82) is 0 Å². The van der Waals surface area contributed by atoms with Gasteiger partial charge in [-0.3, -0.25) is 0 Å². The lowest BCUT2D eigenvalue weighted by molar-refractivity contribution is 0.246. The molecule has 0 aromatic carbocycles. The molecule has 0 aliphatic heterocycles. The van der Waals surface area contributed by atoms with Crippen LogP contribution >= 0.6 is 0 Å². The second-order valence-corrected chi connectivity index (χ2v) is 6.11. The fraction of sp³-hybridized carbons (Fsp3) is 1.00. The number of rotatable bonds is 5. The van der Waals surface area contributed by atoms with E-state index in [1.807, 2.05) is 0 Å². The minimum Gasteiger partial charge on any atom is -0.313 e. The first-order chi connectivity index (χ1) is 7.43. The summed E-state index contributed by atoms with van der Waals surface area (Å²) in [6, 6.07) is 0.908. The minimum atomic E-state index is 0.908. The Morgan fingerprint density at radius 1 is 0.800 bits per heavy atom. The summed E-state index contributed by atoms with van der Waals surface area (Å²) in [6.07, 6.45) is 13.5. The first-order valence-electron chi connectivity index (χ1n) is 7.17. The van der Waals surface area contributed by atoms with Crippen molar-refractivity contribution in [3.8, 4) is 0 Å². The van der Waals surface area contributed by atoms with Gasteiger partial charge in [-0.05, 0) is 62.8 Å². The molecule has 0 aromatic heterocycles. The standard InChI is InChI=1S/C14H25N/c1-2-4-12(5-3-1)14(13-8-9-13)15-10-11-6-7-11/h11-15H,1-10H2. The quantitative estimate of drug-likeness (QED) is 0.729. The van der Waals surface area contributed by atoms with Crippen LogP contribution in [0.5, 0.6) is 0 Å². The number of hydrogen-bond acceptors (Lipinski definition) is 1. The topological polar surface area (TPSA) is 12.0 Å². The molecular formula is C14H25N. The van der Waals surface area contributed by atoms with E-state index >= 15 is 0 Å². The molecule has 15 heavy (non-hydrogen) atoms. The van der Waals surface area contributed by atoms with E-state index in [9.17, 15) is 0 Å². The largest absolute Gasteiger partial charge is 0.313 e. The molecule has 1 unspecified atom stereocenters. The summed E-state index contributed by atoms with van der Waals surface area (Å²) in [4.78, 5) is 0. The van der Waals surface area contributed by atoms with Crippen LogP contribution in [-0.4, -0.2) is 12.6 Å². The summed E-state index contributed by atoms with van der Waals surface area (Å²) in [5.41, 5.74) is 0. The molecule has 0 radical (unpaired) electrons. The van der Waals surface area contributed by atoms with Gasteiger partial charge in [-0.1, -0.05) is 19.3 Å². The molecule has 0 heterocycles. The molecule has 1 atom stereocenters. The molecule has 3 rings (SSSR count). The predicted molar refractivity (Wildman–Crippen MR) is 63.8 cm³/mol. The molecule has 0 amide bonds. The van der Waals surface area contributed by atoms with E-state index in [1.54, 1.807) is 0 Å². The lowest BCUT2D eigenvalue weighted by Crippen LogP contribution is -2.40. The Morgan fingerprint density at radius 2 is 1.47 bits per heavy atom. The van der Waals surface area contributed by atoms with Gasteiger partial charge in [0.05, 0.1) is 0 Å². The Kier molecular flexibility index (Phi) is 3.01. The van der Waals surface area contributed by atoms with Gasteiger partial charge in [-0.2, -0.15) is 0 Å². The van der Waals surface area contributed by atoms with E-state index in [0.717, 1.165) is 23.8 Å². The monoisotopic (exact) mass is 207 g/mol. The van der Waals surface area contributed by atoms with Crippen LogP contribution in [0, 0.1) is 17.8 Å². The van der Waals surface area contributed by atoms with E-state index in [0.29, 0.717) is 0 Å². The lowest BCUT2D eigenvalue weighted by atomic mass is 9.82. The minimum absolute atomic E-state index is 0.908. The highest BCUT2D eigenvalue weighted by Crippen LogP contribution is 2.41. The van der Waals surface area contributed by atoms with Crippen molar-refractivity contribution in [2.75, 3.05) is 6.54 Å². The molecule has 0 spiro atoms. The Hall–Kier alpha value is -0.0400. The van der Waals surface area contributed by atoms with Crippen molar-refractivity contribution in [3.05, 3.63) is 0 Å². The van der Waals surface area contributed by atoms with Crippen molar-refractivity contribution in [2.45, 2.75) is 63.8 Å². The third-order valence-corrected chi connectivity index (χ3v) is 4.63. The Morgan fingerprint density at radius 3 is 2.07 bits per heavy atom. The van der Waals surface area contributed by atoms with Gasteiger partial charge >= 0.3 is 0 Å². The van der Waals surface area contributed by atoms with Crippen LogP contribution < -0.4 is 5.32 Å². The highest BCUT2D eigenvalue weighted by Gasteiger charge is 2.37. The van der Waals surface area contributed by atoms with Crippen molar-refractivity contribution in [3.63, 3.8) is 0 Å². The average Bonchev–Trinajstić information content (AvgIpc) is 3.14. The van der Waals surface area contributed by atoms with E-state index < -0.39 is 0 Å². The van der Waals surface area contributed by atoms with Crippen molar-refractivity contribution in [2.24, 2.45) is 17.8 Å². The predicted octanol–water partition coefficient (Wildman–Crippen LogP) is 3.34. The smallest absolute Gasteiger partial charge is 0.0124 e. The highest BCUT2D eigenvalue weighted by atomic mass is 14.9. The zero-order valence-electron chi connectivity index (χ0n) is 9.88. The normalized spacial score (nSPS) is 30.4. The van der Waals surface area contributed by atoms with Crippen LogP contribution in [-0.2, 0) is 0 Å². The molecule has 1 N–H and O–H groups in total. The summed E-state index contributed by atoms with van der Waals surface area (Å²) in [7, 11) is 0. The van der Waals surface area contributed by atoms with E-state index in [4.69, 9.17) is 0 Å². The van der Waals surface area contributed by atoms with Crippen LogP contribution in [0.15, 0.2) is 0 Å². The van der Waals surface area contributed by atoms with Crippen molar-refractivity contribution >= 4 is 0 Å². The van der Waals surface area contributed by atoms with Gasteiger partial charge in [-0.25, -0.2) is 0 Å². The molecule has 3 saturated carbocycles. The third kappa shape index (κ3) is 2.75. The van der Waals surface area contributed by atoms with Crippen LogP contribution in [0.1, 0.15) is 57.8 Å². The molecule has 0 bridgehead atoms. The summed E-state index contributed by atoms with van der Waals surface area (Å²) >= 11 is 0. The zero-order chi connectivity index (χ0) is 10.1. The summed E-state index contributed by atoms with van der Waals surface area (Å²) < 4.78 is 0. The van der Waals surface area contributed by atoms with Crippen molar-refractivity contribution < 1.29 is 0 Å². The maximum atomic E-state index is 3.91. The molecule has 0 saturated heterocycles. The van der Waals surface area contributed by atoms with Crippen LogP contribution in [0.25, 0.3) is 0 Å². The Labute approximate surface area is 94.0 Å². The van der Waals surface area contributed by atoms with Gasteiger partial charge in [0.15, 0.2) is 0 Å². The number of nitrogens with one attached hydrogen (secondary N) is 1. The molecule has 3 aliphatic carbocycles. The van der Waals surface area contributed by atoms with Crippen LogP contribution in [0.2, 0.25) is 0 Å². The lowest BCUT2D eigenvalue weighted by Gasteiger charge is -2.31. The van der Waals surface area contributed by atoms with Gasteiger partial charge in [0.2, 0.25) is 0 Å². The third-order valence-electron chi connectivity index (χ3n) is 4.63. The first kappa shape index (κ1) is 10.1. The molecular weight excluding hydrogens is 182 g/mol. The van der Waals surface area contributed by atoms with Crippen molar-refractivity contribution in [1.82, 2.24) is 5.32 Å². The van der Waals surface area contributed by atoms with Gasteiger partial charge in [0, 0.05) is 6.04 Å². The van der Waals surface area contributed by atoms with Crippen LogP contribution in [0.3, 0.4) is 0 Å². The van der Waals surface area contributed by atoms with E-state index in [-0.39, 0.29) is 0 Å². The molecule has 3 aliphatic rings. The van der Waals surface area contributed by atoms with E-state index in [1.165, 1.54) is 64.3 Å². The molecule has 0 aromatic rings. The fourth-order valence-corrected chi connectivity index (χ4v) is 3.29. The number of hydrogen-bond donors (Lipinski definition) is 1. The second-order valence-electron chi connectivity index (χ2n) is 6.11. The van der Waals surface area contributed by atoms with E-state index in [2.05, 4.69) is 5.32 Å². The maximum absolute atomic E-state index is 3.91. The fourth-order valence-electron chi connectivity index (χ4n) is 3.29. The van der Waals surface area contributed by atoms with Gasteiger partial charge in [0.1, 0.15) is 0 Å². The molecule has 86 valence electrons. The first-order valence-corrected chi connectivity index (χ1v) is 7.17. The Balaban J connectivity index is 1.51. The maximum Gasteiger partial charge on any atom is 0.0124 e. The molecule has 1 nitrogen and oxygen atoms in total. The summed E-state index contributed by atoms with van der Waals surface area (Å²) in [5.74, 6) is 3.15.